The first-order valence-electron chi connectivity index (χ1n) is 18.1. The molecule has 2 aliphatic carbocycles. The fourth-order valence-corrected chi connectivity index (χ4v) is 6.50. The van der Waals surface area contributed by atoms with Crippen LogP contribution >= 0.6 is 0 Å². The second kappa shape index (κ2) is 25.2. The zero-order chi connectivity index (χ0) is 35.7. The van der Waals surface area contributed by atoms with Crippen molar-refractivity contribution in [2.45, 2.75) is 103 Å². The monoisotopic (exact) mass is 677 g/mol. The molecule has 49 heavy (non-hydrogen) atoms. The van der Waals surface area contributed by atoms with Crippen LogP contribution in [0.4, 0.5) is 0 Å². The van der Waals surface area contributed by atoms with Crippen LogP contribution in [0, 0.1) is 23.2 Å². The molecule has 2 saturated carbocycles. The average Bonchev–Trinajstić information content (AvgIpc) is 3.15. The summed E-state index contributed by atoms with van der Waals surface area (Å²) in [7, 11) is 3.39. The molecular formula is C41H59NO7. The maximum absolute atomic E-state index is 12.2. The number of unbranched alkanes of at least 4 members (excludes halogenated alkanes) is 3. The molecule has 8 heteroatoms. The molecule has 8 nitrogen and oxygen atoms in total. The van der Waals surface area contributed by atoms with Crippen molar-refractivity contribution >= 4 is 24.8 Å². The Bertz CT molecular complexity index is 1220. The lowest BCUT2D eigenvalue weighted by molar-refractivity contribution is -0.140. The van der Waals surface area contributed by atoms with Gasteiger partial charge in [-0.05, 0) is 131 Å². The summed E-state index contributed by atoms with van der Waals surface area (Å²) in [6.45, 7) is 6.90. The Morgan fingerprint density at radius 3 is 2.04 bits per heavy atom. The SMILES string of the molecule is C=CC=O.CCCC1CCC(c2ccc(OC)c(C=N)c2)CC1.COCCCCCCOc1ccc(OC(=O)C2CCC(C=O)CC2)cc1. The van der Waals surface area contributed by atoms with Gasteiger partial charge in [0.05, 0.1) is 19.6 Å². The van der Waals surface area contributed by atoms with E-state index in [2.05, 4.69) is 25.6 Å². The zero-order valence-corrected chi connectivity index (χ0v) is 30.0. The molecule has 0 heterocycles. The van der Waals surface area contributed by atoms with E-state index in [1.807, 2.05) is 18.2 Å². The van der Waals surface area contributed by atoms with E-state index in [0.29, 0.717) is 24.6 Å². The Morgan fingerprint density at radius 1 is 0.857 bits per heavy atom. The Kier molecular flexibility index (Phi) is 21.3. The molecule has 1 N–H and O–H groups in total. The first-order chi connectivity index (χ1) is 23.9. The molecule has 0 aliphatic heterocycles. The number of benzene rings is 2. The van der Waals surface area contributed by atoms with E-state index in [-0.39, 0.29) is 17.8 Å². The molecule has 4 rings (SSSR count). The van der Waals surface area contributed by atoms with Crippen molar-refractivity contribution in [3.63, 3.8) is 0 Å². The number of hydrogen-bond acceptors (Lipinski definition) is 8. The molecule has 2 aliphatic rings. The largest absolute Gasteiger partial charge is 0.496 e. The van der Waals surface area contributed by atoms with Crippen molar-refractivity contribution in [1.82, 2.24) is 0 Å². The van der Waals surface area contributed by atoms with Crippen LogP contribution in [0.5, 0.6) is 17.2 Å². The van der Waals surface area contributed by atoms with Gasteiger partial charge >= 0.3 is 5.97 Å². The molecule has 0 saturated heterocycles. The predicted octanol–water partition coefficient (Wildman–Crippen LogP) is 9.32. The molecule has 0 unspecified atom stereocenters. The van der Waals surface area contributed by atoms with Crippen molar-refractivity contribution < 1.29 is 33.3 Å². The lowest BCUT2D eigenvalue weighted by atomic mass is 9.77. The summed E-state index contributed by atoms with van der Waals surface area (Å²) in [5.74, 6) is 3.57. The minimum atomic E-state index is -0.195. The molecule has 0 spiro atoms. The van der Waals surface area contributed by atoms with Crippen molar-refractivity contribution in [2.75, 3.05) is 27.4 Å². The Hall–Kier alpha value is -3.78. The summed E-state index contributed by atoms with van der Waals surface area (Å²) in [5, 5.41) is 7.48. The van der Waals surface area contributed by atoms with Crippen LogP contribution in [-0.2, 0) is 19.1 Å². The summed E-state index contributed by atoms with van der Waals surface area (Å²) in [6, 6.07) is 13.5. The normalized spacial score (nSPS) is 19.8. The van der Waals surface area contributed by atoms with Gasteiger partial charge in [0.2, 0.25) is 0 Å². The number of carbonyl (C=O) groups is 3. The van der Waals surface area contributed by atoms with E-state index in [9.17, 15) is 9.59 Å². The first kappa shape index (κ1) is 41.4. The molecule has 0 aromatic heterocycles. The summed E-state index contributed by atoms with van der Waals surface area (Å²) in [4.78, 5) is 32.1. The molecule has 270 valence electrons. The molecule has 2 aromatic carbocycles. The molecule has 0 atom stereocenters. The van der Waals surface area contributed by atoms with Gasteiger partial charge in [-0.1, -0.05) is 38.8 Å². The fourth-order valence-electron chi connectivity index (χ4n) is 6.50. The number of nitrogens with one attached hydrogen (secondary N) is 1. The molecule has 0 bridgehead atoms. The number of methoxy groups -OCH3 is 2. The van der Waals surface area contributed by atoms with E-state index in [1.54, 1.807) is 26.4 Å². The van der Waals surface area contributed by atoms with Crippen LogP contribution in [0.2, 0.25) is 0 Å². The average molecular weight is 678 g/mol. The van der Waals surface area contributed by atoms with Gasteiger partial charge in [-0.25, -0.2) is 0 Å². The van der Waals surface area contributed by atoms with Crippen molar-refractivity contribution in [3.05, 3.63) is 66.2 Å². The van der Waals surface area contributed by atoms with Gasteiger partial charge in [-0.2, -0.15) is 0 Å². The van der Waals surface area contributed by atoms with E-state index < -0.39 is 0 Å². The Balaban J connectivity index is 0.000000318. The number of carbonyl (C=O) groups excluding carboxylic acids is 3. The molecule has 2 fully saturated rings. The highest BCUT2D eigenvalue weighted by Gasteiger charge is 2.27. The van der Waals surface area contributed by atoms with Gasteiger partial charge in [0.25, 0.3) is 0 Å². The minimum absolute atomic E-state index is 0.0970. The van der Waals surface area contributed by atoms with E-state index in [1.165, 1.54) is 56.4 Å². The van der Waals surface area contributed by atoms with Crippen LogP contribution in [-0.4, -0.2) is 52.2 Å². The van der Waals surface area contributed by atoms with Crippen LogP contribution in [0.25, 0.3) is 0 Å². The quantitative estimate of drug-likeness (QED) is 0.0443. The Morgan fingerprint density at radius 2 is 1.49 bits per heavy atom. The van der Waals surface area contributed by atoms with E-state index >= 15 is 0 Å². The van der Waals surface area contributed by atoms with Crippen LogP contribution in [0.15, 0.2) is 55.1 Å². The summed E-state index contributed by atoms with van der Waals surface area (Å²) < 4.78 is 21.5. The van der Waals surface area contributed by atoms with Crippen LogP contribution < -0.4 is 14.2 Å². The number of aldehydes is 2. The van der Waals surface area contributed by atoms with Crippen LogP contribution in [0.3, 0.4) is 0 Å². The summed E-state index contributed by atoms with van der Waals surface area (Å²) in [6.07, 6.45) is 19.7. The third-order valence-corrected chi connectivity index (χ3v) is 9.37. The highest BCUT2D eigenvalue weighted by atomic mass is 16.5. The molecule has 0 amide bonds. The summed E-state index contributed by atoms with van der Waals surface area (Å²) >= 11 is 0. The smallest absolute Gasteiger partial charge is 0.314 e. The lowest BCUT2D eigenvalue weighted by Crippen LogP contribution is -2.26. The maximum atomic E-state index is 12.2. The van der Waals surface area contributed by atoms with Gasteiger partial charge in [0.15, 0.2) is 0 Å². The molecular weight excluding hydrogens is 618 g/mol. The van der Waals surface area contributed by atoms with Gasteiger partial charge in [0, 0.05) is 31.4 Å². The highest BCUT2D eigenvalue weighted by molar-refractivity contribution is 5.81. The summed E-state index contributed by atoms with van der Waals surface area (Å²) in [5.41, 5.74) is 2.28. The first-order valence-corrected chi connectivity index (χ1v) is 18.1. The van der Waals surface area contributed by atoms with E-state index in [4.69, 9.17) is 29.2 Å². The van der Waals surface area contributed by atoms with Gasteiger partial charge in [-0.15, -0.1) is 0 Å². The van der Waals surface area contributed by atoms with Crippen molar-refractivity contribution in [1.29, 1.82) is 5.41 Å². The molecule has 0 radical (unpaired) electrons. The number of rotatable bonds is 17. The fraction of sp³-hybridized carbons (Fsp3) is 0.561. The number of esters is 1. The second-order valence-electron chi connectivity index (χ2n) is 12.9. The topological polar surface area (TPSA) is 112 Å². The van der Waals surface area contributed by atoms with Crippen molar-refractivity contribution in [3.8, 4) is 17.2 Å². The zero-order valence-electron chi connectivity index (χ0n) is 30.0. The lowest BCUT2D eigenvalue weighted by Gasteiger charge is -2.29. The van der Waals surface area contributed by atoms with Crippen molar-refractivity contribution in [2.24, 2.45) is 17.8 Å². The third kappa shape index (κ3) is 16.0. The van der Waals surface area contributed by atoms with Crippen LogP contribution in [0.1, 0.15) is 114 Å². The van der Waals surface area contributed by atoms with Gasteiger partial charge in [-0.3, -0.25) is 9.59 Å². The Labute approximate surface area is 294 Å². The van der Waals surface area contributed by atoms with E-state index in [0.717, 1.165) is 87.2 Å². The number of ether oxygens (including phenoxy) is 4. The standard InChI is InChI=1S/C21H30O5.C17H25NO.C3H4O/c1-24-14-4-2-3-5-15-25-19-10-12-20(13-11-19)26-21(23)18-8-6-17(16-22)7-9-18;1-3-4-13-5-7-14(8-6-13)15-9-10-17(19-2)16(11-15)12-18;1-2-3-4/h10-13,16-18H,2-9,14-15H2,1H3;9-14,18H,3-8H2,1-2H3;2-3H,1H2. The minimum Gasteiger partial charge on any atom is -0.496 e. The maximum Gasteiger partial charge on any atom is 0.314 e. The second-order valence-corrected chi connectivity index (χ2v) is 12.9. The number of allylic oxidation sites excluding steroid dienone is 1. The predicted molar refractivity (Wildman–Crippen MR) is 196 cm³/mol. The van der Waals surface area contributed by atoms with Gasteiger partial charge in [0.1, 0.15) is 29.8 Å². The number of hydrogen-bond donors (Lipinski definition) is 1. The third-order valence-electron chi connectivity index (χ3n) is 9.37. The molecule has 2 aromatic rings. The van der Waals surface area contributed by atoms with Gasteiger partial charge < -0.3 is 29.2 Å². The highest BCUT2D eigenvalue weighted by Crippen LogP contribution is 2.38.